The Labute approximate surface area is 215 Å². The van der Waals surface area contributed by atoms with Crippen molar-refractivity contribution in [3.8, 4) is 5.69 Å². The molecule has 1 aliphatic rings. The van der Waals surface area contributed by atoms with E-state index in [0.29, 0.717) is 15.0 Å². The number of imide groups is 1. The minimum Gasteiger partial charge on any atom is -0.318 e. The van der Waals surface area contributed by atoms with Gasteiger partial charge >= 0.3 is 0 Å². The fourth-order valence-corrected chi connectivity index (χ4v) is 5.36. The van der Waals surface area contributed by atoms with Crippen LogP contribution in [0.4, 0.5) is 4.79 Å². The number of carbonyl (C=O) groups is 2. The molecule has 1 aromatic heterocycles. The Morgan fingerprint density at radius 2 is 1.64 bits per heavy atom. The molecule has 0 radical (unpaired) electrons. The SMILES string of the molecule is Cc1cc(-n2c(C)cc(/C=C3\SC(=O)N(Cc4ccc(Cl)c(Cl)c4)C3=O)c2C)cc(C)c1Br. The molecule has 0 atom stereocenters. The summed E-state index contributed by atoms with van der Waals surface area (Å²) in [6.45, 7) is 8.34. The van der Waals surface area contributed by atoms with Crippen molar-refractivity contribution in [2.24, 2.45) is 0 Å². The Bertz CT molecular complexity index is 1320. The number of nitrogens with zero attached hydrogens (tertiary/aromatic N) is 2. The zero-order valence-electron chi connectivity index (χ0n) is 18.5. The summed E-state index contributed by atoms with van der Waals surface area (Å²) in [5.74, 6) is -0.309. The second kappa shape index (κ2) is 9.34. The highest BCUT2D eigenvalue weighted by molar-refractivity contribution is 9.10. The van der Waals surface area contributed by atoms with Gasteiger partial charge in [0.15, 0.2) is 0 Å². The van der Waals surface area contributed by atoms with E-state index in [1.54, 1.807) is 24.3 Å². The van der Waals surface area contributed by atoms with Gasteiger partial charge in [0.05, 0.1) is 21.5 Å². The number of hydrogen-bond acceptors (Lipinski definition) is 3. The molecule has 8 heteroatoms. The Balaban J connectivity index is 1.65. The van der Waals surface area contributed by atoms with Crippen molar-refractivity contribution in [2.45, 2.75) is 34.2 Å². The molecule has 0 aliphatic carbocycles. The van der Waals surface area contributed by atoms with Crippen LogP contribution in [0.1, 0.15) is 33.6 Å². The van der Waals surface area contributed by atoms with Crippen LogP contribution < -0.4 is 0 Å². The van der Waals surface area contributed by atoms with Crippen molar-refractivity contribution in [1.82, 2.24) is 9.47 Å². The first-order chi connectivity index (χ1) is 15.6. The van der Waals surface area contributed by atoms with Crippen molar-refractivity contribution in [1.29, 1.82) is 0 Å². The van der Waals surface area contributed by atoms with Gasteiger partial charge in [0.1, 0.15) is 0 Å². The first-order valence-electron chi connectivity index (χ1n) is 10.2. The fraction of sp³-hybridized carbons (Fsp3) is 0.200. The van der Waals surface area contributed by atoms with Gasteiger partial charge in [0.25, 0.3) is 11.1 Å². The first-order valence-corrected chi connectivity index (χ1v) is 12.6. The molecule has 33 heavy (non-hydrogen) atoms. The lowest BCUT2D eigenvalue weighted by atomic mass is 10.1. The molecule has 0 saturated carbocycles. The van der Waals surface area contributed by atoms with E-state index in [4.69, 9.17) is 23.2 Å². The number of carbonyl (C=O) groups excluding carboxylic acids is 2. The minimum absolute atomic E-state index is 0.148. The normalized spacial score (nSPS) is 15.2. The Hall–Kier alpha value is -1.99. The van der Waals surface area contributed by atoms with Crippen molar-refractivity contribution in [2.75, 3.05) is 0 Å². The minimum atomic E-state index is -0.309. The standard InChI is InChI=1S/C25H21BrCl2N2O2S/c1-13-7-19(8-14(2)23(13)26)30-15(3)9-18(16(30)4)11-22-24(31)29(25(32)33-22)12-17-5-6-20(27)21(28)10-17/h5-11H,12H2,1-4H3/b22-11-. The molecule has 3 aromatic rings. The molecular formula is C25H21BrCl2N2O2S. The average Bonchev–Trinajstić information content (AvgIpc) is 3.18. The summed E-state index contributed by atoms with van der Waals surface area (Å²) in [6, 6.07) is 11.4. The van der Waals surface area contributed by atoms with Gasteiger partial charge in [0, 0.05) is 21.5 Å². The molecule has 4 rings (SSSR count). The van der Waals surface area contributed by atoms with Crippen LogP contribution in [0.5, 0.6) is 0 Å². The van der Waals surface area contributed by atoms with E-state index in [1.807, 2.05) is 19.9 Å². The number of benzene rings is 2. The van der Waals surface area contributed by atoms with Crippen molar-refractivity contribution >= 4 is 68.1 Å². The van der Waals surface area contributed by atoms with Gasteiger partial charge in [-0.15, -0.1) is 0 Å². The summed E-state index contributed by atoms with van der Waals surface area (Å²) in [5.41, 5.74) is 7.08. The highest BCUT2D eigenvalue weighted by Gasteiger charge is 2.35. The Kier molecular flexibility index (Phi) is 6.83. The molecular weight excluding hydrogens is 543 g/mol. The van der Waals surface area contributed by atoms with E-state index in [9.17, 15) is 9.59 Å². The predicted octanol–water partition coefficient (Wildman–Crippen LogP) is 8.02. The monoisotopic (exact) mass is 562 g/mol. The van der Waals surface area contributed by atoms with E-state index in [0.717, 1.165) is 55.6 Å². The van der Waals surface area contributed by atoms with Gasteiger partial charge < -0.3 is 4.57 Å². The zero-order chi connectivity index (χ0) is 24.0. The lowest BCUT2D eigenvalue weighted by Gasteiger charge is -2.13. The molecule has 0 unspecified atom stereocenters. The molecule has 0 bridgehead atoms. The highest BCUT2D eigenvalue weighted by atomic mass is 79.9. The van der Waals surface area contributed by atoms with Crippen LogP contribution in [0, 0.1) is 27.7 Å². The molecule has 2 heterocycles. The third kappa shape index (κ3) is 4.67. The van der Waals surface area contributed by atoms with Crippen LogP contribution in [0.2, 0.25) is 10.0 Å². The van der Waals surface area contributed by atoms with E-state index in [2.05, 4.69) is 46.5 Å². The Morgan fingerprint density at radius 1 is 0.970 bits per heavy atom. The highest BCUT2D eigenvalue weighted by Crippen LogP contribution is 2.35. The van der Waals surface area contributed by atoms with Crippen LogP contribution in [0.25, 0.3) is 11.8 Å². The van der Waals surface area contributed by atoms with Crippen LogP contribution >= 0.6 is 50.9 Å². The van der Waals surface area contributed by atoms with Gasteiger partial charge in [0.2, 0.25) is 0 Å². The summed E-state index contributed by atoms with van der Waals surface area (Å²) in [4.78, 5) is 27.2. The molecule has 170 valence electrons. The first kappa shape index (κ1) is 24.1. The largest absolute Gasteiger partial charge is 0.318 e. The Morgan fingerprint density at radius 3 is 2.27 bits per heavy atom. The molecule has 2 aromatic carbocycles. The summed E-state index contributed by atoms with van der Waals surface area (Å²) in [5, 5.41) is 0.522. The molecule has 1 fully saturated rings. The summed E-state index contributed by atoms with van der Waals surface area (Å²) in [7, 11) is 0. The summed E-state index contributed by atoms with van der Waals surface area (Å²) in [6.07, 6.45) is 1.80. The van der Waals surface area contributed by atoms with Crippen LogP contribution in [-0.4, -0.2) is 20.6 Å². The van der Waals surface area contributed by atoms with E-state index in [-0.39, 0.29) is 17.7 Å². The molecule has 2 amide bonds. The van der Waals surface area contributed by atoms with Crippen LogP contribution in [0.3, 0.4) is 0 Å². The lowest BCUT2D eigenvalue weighted by Crippen LogP contribution is -2.27. The smallest absolute Gasteiger partial charge is 0.293 e. The number of hydrogen-bond donors (Lipinski definition) is 0. The number of halogens is 3. The van der Waals surface area contributed by atoms with Gasteiger partial charge in [-0.05, 0) is 98.1 Å². The number of aryl methyl sites for hydroxylation is 3. The number of aromatic nitrogens is 1. The maximum absolute atomic E-state index is 13.0. The number of rotatable bonds is 4. The zero-order valence-corrected chi connectivity index (χ0v) is 22.4. The molecule has 0 N–H and O–H groups in total. The number of amides is 2. The second-order valence-electron chi connectivity index (χ2n) is 8.07. The maximum Gasteiger partial charge on any atom is 0.293 e. The molecule has 4 nitrogen and oxygen atoms in total. The second-order valence-corrected chi connectivity index (χ2v) is 10.7. The fourth-order valence-electron chi connectivity index (χ4n) is 3.98. The molecule has 1 aliphatic heterocycles. The van der Waals surface area contributed by atoms with E-state index in [1.165, 1.54) is 4.90 Å². The van der Waals surface area contributed by atoms with Crippen molar-refractivity contribution in [3.63, 3.8) is 0 Å². The third-order valence-electron chi connectivity index (χ3n) is 5.63. The summed E-state index contributed by atoms with van der Waals surface area (Å²) >= 11 is 16.6. The van der Waals surface area contributed by atoms with Crippen molar-refractivity contribution < 1.29 is 9.59 Å². The van der Waals surface area contributed by atoms with Crippen molar-refractivity contribution in [3.05, 3.63) is 89.5 Å². The van der Waals surface area contributed by atoms with E-state index >= 15 is 0 Å². The summed E-state index contributed by atoms with van der Waals surface area (Å²) < 4.78 is 3.27. The van der Waals surface area contributed by atoms with Gasteiger partial charge in [-0.2, -0.15) is 0 Å². The predicted molar refractivity (Wildman–Crippen MR) is 140 cm³/mol. The van der Waals surface area contributed by atoms with Crippen LogP contribution in [0.15, 0.2) is 45.8 Å². The van der Waals surface area contributed by atoms with Gasteiger partial charge in [-0.25, -0.2) is 0 Å². The third-order valence-corrected chi connectivity index (χ3v) is 8.53. The molecule has 0 spiro atoms. The van der Waals surface area contributed by atoms with Gasteiger partial charge in [-0.1, -0.05) is 45.2 Å². The van der Waals surface area contributed by atoms with Gasteiger partial charge in [-0.3, -0.25) is 14.5 Å². The van der Waals surface area contributed by atoms with Crippen LogP contribution in [-0.2, 0) is 11.3 Å². The topological polar surface area (TPSA) is 42.3 Å². The number of thioether (sulfide) groups is 1. The molecule has 1 saturated heterocycles. The average molecular weight is 564 g/mol. The van der Waals surface area contributed by atoms with E-state index < -0.39 is 0 Å². The maximum atomic E-state index is 13.0. The quantitative estimate of drug-likeness (QED) is 0.302. The lowest BCUT2D eigenvalue weighted by molar-refractivity contribution is -0.123.